The summed E-state index contributed by atoms with van der Waals surface area (Å²) in [7, 11) is 0. The molecule has 1 aromatic rings. The minimum absolute atomic E-state index is 0.136. The fourth-order valence-electron chi connectivity index (χ4n) is 4.31. The molecule has 2 aliphatic carbocycles. The van der Waals surface area contributed by atoms with Gasteiger partial charge < -0.3 is 18.9 Å². The molecular formula is C20H28N2O5. The Morgan fingerprint density at radius 3 is 2.22 bits per heavy atom. The Balaban J connectivity index is 1.26. The third-order valence-corrected chi connectivity index (χ3v) is 5.74. The predicted molar refractivity (Wildman–Crippen MR) is 96.4 cm³/mol. The van der Waals surface area contributed by atoms with Crippen molar-refractivity contribution in [2.45, 2.75) is 76.8 Å². The highest BCUT2D eigenvalue weighted by atomic mass is 16.7. The van der Waals surface area contributed by atoms with Gasteiger partial charge in [-0.1, -0.05) is 0 Å². The number of carbonyl (C=O) groups is 1. The number of hydrogen-bond acceptors (Lipinski definition) is 7. The van der Waals surface area contributed by atoms with Crippen LogP contribution in [0.25, 0.3) is 0 Å². The molecule has 0 N–H and O–H groups in total. The second-order valence-electron chi connectivity index (χ2n) is 9.01. The molecule has 4 rings (SSSR count). The molecule has 3 fully saturated rings. The van der Waals surface area contributed by atoms with Gasteiger partial charge in [-0.2, -0.15) is 0 Å². The number of ether oxygens (including phenoxy) is 4. The van der Waals surface area contributed by atoms with E-state index in [0.717, 1.165) is 51.7 Å². The van der Waals surface area contributed by atoms with E-state index in [1.807, 2.05) is 20.8 Å². The van der Waals surface area contributed by atoms with Gasteiger partial charge in [0.15, 0.2) is 5.79 Å². The van der Waals surface area contributed by atoms with Crippen LogP contribution >= 0.6 is 0 Å². The average Bonchev–Trinajstić information content (AvgIpc) is 3.03. The average molecular weight is 376 g/mol. The third-order valence-electron chi connectivity index (χ3n) is 5.74. The summed E-state index contributed by atoms with van der Waals surface area (Å²) < 4.78 is 22.8. The van der Waals surface area contributed by atoms with Gasteiger partial charge in [0.25, 0.3) is 0 Å². The first-order chi connectivity index (χ1) is 12.8. The first-order valence-corrected chi connectivity index (χ1v) is 9.77. The quantitative estimate of drug-likeness (QED) is 0.749. The molecule has 0 amide bonds. The third kappa shape index (κ3) is 4.09. The van der Waals surface area contributed by atoms with E-state index in [1.165, 1.54) is 12.4 Å². The van der Waals surface area contributed by atoms with E-state index < -0.39 is 11.6 Å². The fraction of sp³-hybridized carbons (Fsp3) is 0.750. The van der Waals surface area contributed by atoms with E-state index in [0.29, 0.717) is 17.0 Å². The van der Waals surface area contributed by atoms with Gasteiger partial charge >= 0.3 is 12.0 Å². The molecule has 7 heteroatoms. The Morgan fingerprint density at radius 2 is 1.67 bits per heavy atom. The maximum absolute atomic E-state index is 12.0. The van der Waals surface area contributed by atoms with Crippen LogP contribution in [0.1, 0.15) is 69.7 Å². The Kier molecular flexibility index (Phi) is 4.63. The van der Waals surface area contributed by atoms with Crippen LogP contribution in [0.4, 0.5) is 0 Å². The van der Waals surface area contributed by atoms with Gasteiger partial charge in [0.05, 0.1) is 18.8 Å². The van der Waals surface area contributed by atoms with Crippen LogP contribution in [0, 0.1) is 5.41 Å². The summed E-state index contributed by atoms with van der Waals surface area (Å²) in [6.07, 6.45) is 9.27. The largest absolute Gasteiger partial charge is 0.460 e. The van der Waals surface area contributed by atoms with Gasteiger partial charge in [0.2, 0.25) is 0 Å². The molecule has 1 aliphatic heterocycles. The zero-order valence-corrected chi connectivity index (χ0v) is 16.3. The number of rotatable bonds is 3. The topological polar surface area (TPSA) is 79.8 Å². The van der Waals surface area contributed by atoms with Crippen molar-refractivity contribution in [1.29, 1.82) is 0 Å². The number of nitrogens with zero attached hydrogens (tertiary/aromatic N) is 2. The van der Waals surface area contributed by atoms with Crippen LogP contribution in [0.15, 0.2) is 12.4 Å². The van der Waals surface area contributed by atoms with Crippen molar-refractivity contribution in [2.75, 3.05) is 13.2 Å². The SMILES string of the molecule is CC(C)(C)OC(=O)c1cnc(OC2CC3(CCC4(CC3)OCCO4)C2)nc1. The van der Waals surface area contributed by atoms with Crippen LogP contribution in [0.5, 0.6) is 6.01 Å². The van der Waals surface area contributed by atoms with Crippen LogP contribution in [0.3, 0.4) is 0 Å². The molecule has 0 aromatic carbocycles. The molecule has 0 unspecified atom stereocenters. The fourth-order valence-corrected chi connectivity index (χ4v) is 4.31. The lowest BCUT2D eigenvalue weighted by Crippen LogP contribution is -2.50. The lowest BCUT2D eigenvalue weighted by atomic mass is 9.58. The lowest BCUT2D eigenvalue weighted by molar-refractivity contribution is -0.206. The maximum Gasteiger partial charge on any atom is 0.341 e. The molecule has 148 valence electrons. The van der Waals surface area contributed by atoms with Gasteiger partial charge in [0, 0.05) is 25.2 Å². The molecule has 0 bridgehead atoms. The van der Waals surface area contributed by atoms with E-state index in [-0.39, 0.29) is 11.9 Å². The minimum atomic E-state index is -0.542. The summed E-state index contributed by atoms with van der Waals surface area (Å²) in [5.41, 5.74) is 0.137. The highest BCUT2D eigenvalue weighted by Crippen LogP contribution is 2.55. The highest BCUT2D eigenvalue weighted by Gasteiger charge is 2.52. The van der Waals surface area contributed by atoms with Crippen LogP contribution < -0.4 is 4.74 Å². The normalized spacial score (nSPS) is 24.0. The van der Waals surface area contributed by atoms with Crippen molar-refractivity contribution in [3.8, 4) is 6.01 Å². The molecule has 2 heterocycles. The zero-order valence-electron chi connectivity index (χ0n) is 16.3. The second kappa shape index (κ2) is 6.71. The van der Waals surface area contributed by atoms with Gasteiger partial charge in [0.1, 0.15) is 11.7 Å². The standard InChI is InChI=1S/C20H28N2O5/c1-18(2,3)27-16(23)14-12-21-17(22-13-14)26-15-10-19(11-15)4-6-20(7-5-19)24-8-9-25-20/h12-13,15H,4-11H2,1-3H3. The maximum atomic E-state index is 12.0. The minimum Gasteiger partial charge on any atom is -0.460 e. The van der Waals surface area contributed by atoms with Gasteiger partial charge in [-0.3, -0.25) is 0 Å². The first kappa shape index (κ1) is 18.6. The Bertz CT molecular complexity index is 673. The van der Waals surface area contributed by atoms with Gasteiger partial charge in [-0.05, 0) is 51.9 Å². The molecule has 1 saturated heterocycles. The molecule has 0 radical (unpaired) electrons. The molecule has 7 nitrogen and oxygen atoms in total. The van der Waals surface area contributed by atoms with Gasteiger partial charge in [-0.25, -0.2) is 14.8 Å². The van der Waals surface area contributed by atoms with E-state index in [2.05, 4.69) is 9.97 Å². The second-order valence-corrected chi connectivity index (χ2v) is 9.01. The van der Waals surface area contributed by atoms with Crippen molar-refractivity contribution < 1.29 is 23.7 Å². The summed E-state index contributed by atoms with van der Waals surface area (Å²) in [4.78, 5) is 20.3. The molecule has 3 aliphatic rings. The van der Waals surface area contributed by atoms with Crippen LogP contribution in [0.2, 0.25) is 0 Å². The van der Waals surface area contributed by atoms with Crippen molar-refractivity contribution in [1.82, 2.24) is 9.97 Å². The summed E-state index contributed by atoms with van der Waals surface area (Å²) in [5.74, 6) is -0.734. The summed E-state index contributed by atoms with van der Waals surface area (Å²) in [6, 6.07) is 0.317. The first-order valence-electron chi connectivity index (χ1n) is 9.77. The number of aromatic nitrogens is 2. The van der Waals surface area contributed by atoms with Crippen LogP contribution in [-0.4, -0.2) is 46.6 Å². The Morgan fingerprint density at radius 1 is 1.07 bits per heavy atom. The molecule has 0 atom stereocenters. The Labute approximate surface area is 159 Å². The smallest absolute Gasteiger partial charge is 0.341 e. The van der Waals surface area contributed by atoms with E-state index in [1.54, 1.807) is 0 Å². The molecule has 27 heavy (non-hydrogen) atoms. The lowest BCUT2D eigenvalue weighted by Gasteiger charge is -2.52. The van der Waals surface area contributed by atoms with Crippen molar-refractivity contribution in [3.63, 3.8) is 0 Å². The van der Waals surface area contributed by atoms with E-state index >= 15 is 0 Å². The summed E-state index contributed by atoms with van der Waals surface area (Å²) >= 11 is 0. The van der Waals surface area contributed by atoms with Crippen molar-refractivity contribution in [3.05, 3.63) is 18.0 Å². The molecule has 1 aromatic heterocycles. The Hall–Kier alpha value is -1.73. The number of esters is 1. The zero-order chi connectivity index (χ0) is 19.1. The molecular weight excluding hydrogens is 348 g/mol. The van der Waals surface area contributed by atoms with Crippen LogP contribution in [-0.2, 0) is 14.2 Å². The summed E-state index contributed by atoms with van der Waals surface area (Å²) in [5, 5.41) is 0. The van der Waals surface area contributed by atoms with E-state index in [4.69, 9.17) is 18.9 Å². The molecule has 2 spiro atoms. The highest BCUT2D eigenvalue weighted by molar-refractivity contribution is 5.88. The monoisotopic (exact) mass is 376 g/mol. The van der Waals surface area contributed by atoms with Crippen molar-refractivity contribution in [2.24, 2.45) is 5.41 Å². The summed E-state index contributed by atoms with van der Waals surface area (Å²) in [6.45, 7) is 6.92. The molecule has 2 saturated carbocycles. The van der Waals surface area contributed by atoms with Crippen molar-refractivity contribution >= 4 is 5.97 Å². The number of carbonyl (C=O) groups excluding carboxylic acids is 1. The predicted octanol–water partition coefficient (Wildman–Crippen LogP) is 3.28. The van der Waals surface area contributed by atoms with E-state index in [9.17, 15) is 4.79 Å². The van der Waals surface area contributed by atoms with Gasteiger partial charge in [-0.15, -0.1) is 0 Å². The number of hydrogen-bond donors (Lipinski definition) is 0.